The van der Waals surface area contributed by atoms with E-state index in [9.17, 15) is 9.18 Å². The zero-order valence-electron chi connectivity index (χ0n) is 12.0. The van der Waals surface area contributed by atoms with Crippen molar-refractivity contribution in [1.82, 2.24) is 14.9 Å². The summed E-state index contributed by atoms with van der Waals surface area (Å²) in [5, 5.41) is 3.49. The summed E-state index contributed by atoms with van der Waals surface area (Å²) >= 11 is 1.42. The molecule has 2 rings (SSSR count). The van der Waals surface area contributed by atoms with E-state index in [4.69, 9.17) is 0 Å². The number of hydrogen-bond acceptors (Lipinski definition) is 3. The third-order valence-corrected chi connectivity index (χ3v) is 4.23. The number of benzene rings is 1. The Hall–Kier alpha value is -1.82. The van der Waals surface area contributed by atoms with Gasteiger partial charge in [-0.05, 0) is 31.0 Å². The summed E-state index contributed by atoms with van der Waals surface area (Å²) in [5.41, 5.74) is 1.00. The molecule has 0 bridgehead atoms. The SMILES string of the molecule is C[C@@H](Sc1nccn1C)C(=O)NCCc1ccc(F)cc1. The molecule has 4 nitrogen and oxygen atoms in total. The number of nitrogens with zero attached hydrogens (tertiary/aromatic N) is 2. The fourth-order valence-corrected chi connectivity index (χ4v) is 2.66. The van der Waals surface area contributed by atoms with Gasteiger partial charge in [-0.1, -0.05) is 23.9 Å². The van der Waals surface area contributed by atoms with Crippen LogP contribution in [0, 0.1) is 5.82 Å². The fourth-order valence-electron chi connectivity index (χ4n) is 1.80. The number of amides is 1. The van der Waals surface area contributed by atoms with Crippen molar-refractivity contribution in [3.8, 4) is 0 Å². The molecular weight excluding hydrogens is 289 g/mol. The van der Waals surface area contributed by atoms with E-state index in [0.29, 0.717) is 13.0 Å². The molecule has 1 atom stereocenters. The maximum absolute atomic E-state index is 12.8. The molecule has 0 spiro atoms. The Morgan fingerprint density at radius 1 is 1.43 bits per heavy atom. The van der Waals surface area contributed by atoms with Gasteiger partial charge in [-0.25, -0.2) is 9.37 Å². The maximum atomic E-state index is 12.8. The summed E-state index contributed by atoms with van der Waals surface area (Å²) in [5.74, 6) is -0.270. The van der Waals surface area contributed by atoms with Crippen LogP contribution >= 0.6 is 11.8 Å². The number of thioether (sulfide) groups is 1. The van der Waals surface area contributed by atoms with Crippen molar-refractivity contribution in [3.05, 3.63) is 48.0 Å². The highest BCUT2D eigenvalue weighted by Crippen LogP contribution is 2.20. The molecule has 0 aliphatic carbocycles. The highest BCUT2D eigenvalue weighted by Gasteiger charge is 2.15. The Labute approximate surface area is 127 Å². The molecule has 21 heavy (non-hydrogen) atoms. The quantitative estimate of drug-likeness (QED) is 0.834. The Bertz CT molecular complexity index is 597. The third kappa shape index (κ3) is 4.60. The fraction of sp³-hybridized carbons (Fsp3) is 0.333. The predicted octanol–water partition coefficient (Wildman–Crippen LogP) is 2.40. The van der Waals surface area contributed by atoms with E-state index in [-0.39, 0.29) is 17.0 Å². The van der Waals surface area contributed by atoms with E-state index in [2.05, 4.69) is 10.3 Å². The monoisotopic (exact) mass is 307 g/mol. The topological polar surface area (TPSA) is 46.9 Å². The van der Waals surface area contributed by atoms with Gasteiger partial charge in [-0.15, -0.1) is 0 Å². The zero-order chi connectivity index (χ0) is 15.2. The van der Waals surface area contributed by atoms with Crippen LogP contribution in [0.25, 0.3) is 0 Å². The van der Waals surface area contributed by atoms with Crippen LogP contribution in [-0.2, 0) is 18.3 Å². The van der Waals surface area contributed by atoms with Crippen LogP contribution in [0.1, 0.15) is 12.5 Å². The first kappa shape index (κ1) is 15.6. The van der Waals surface area contributed by atoms with Crippen LogP contribution in [0.15, 0.2) is 41.8 Å². The maximum Gasteiger partial charge on any atom is 0.233 e. The molecule has 1 aromatic carbocycles. The van der Waals surface area contributed by atoms with E-state index >= 15 is 0 Å². The summed E-state index contributed by atoms with van der Waals surface area (Å²) < 4.78 is 14.7. The van der Waals surface area contributed by atoms with Crippen LogP contribution in [-0.4, -0.2) is 27.3 Å². The summed E-state index contributed by atoms with van der Waals surface area (Å²) in [6, 6.07) is 6.31. The number of imidazole rings is 1. The van der Waals surface area contributed by atoms with Crippen molar-refractivity contribution in [2.24, 2.45) is 7.05 Å². The lowest BCUT2D eigenvalue weighted by Crippen LogP contribution is -2.32. The van der Waals surface area contributed by atoms with Gasteiger partial charge >= 0.3 is 0 Å². The summed E-state index contributed by atoms with van der Waals surface area (Å²) in [4.78, 5) is 16.2. The molecule has 0 radical (unpaired) electrons. The van der Waals surface area contributed by atoms with Crippen LogP contribution < -0.4 is 5.32 Å². The lowest BCUT2D eigenvalue weighted by molar-refractivity contribution is -0.120. The highest BCUT2D eigenvalue weighted by atomic mass is 32.2. The number of carbonyl (C=O) groups excluding carboxylic acids is 1. The van der Waals surface area contributed by atoms with Gasteiger partial charge in [0.05, 0.1) is 5.25 Å². The van der Waals surface area contributed by atoms with Crippen molar-refractivity contribution >= 4 is 17.7 Å². The number of aryl methyl sites for hydroxylation is 1. The number of carbonyl (C=O) groups is 1. The number of nitrogens with one attached hydrogen (secondary N) is 1. The molecule has 0 unspecified atom stereocenters. The molecule has 0 aliphatic heterocycles. The standard InChI is InChI=1S/C15H18FN3OS/c1-11(21-15-18-9-10-19(15)2)14(20)17-8-7-12-3-5-13(16)6-4-12/h3-6,9-11H,7-8H2,1-2H3,(H,17,20)/t11-/m1/s1. The minimum absolute atomic E-state index is 0.0230. The number of halogens is 1. The first-order chi connectivity index (χ1) is 10.1. The van der Waals surface area contributed by atoms with E-state index in [1.165, 1.54) is 23.9 Å². The van der Waals surface area contributed by atoms with E-state index in [0.717, 1.165) is 10.7 Å². The van der Waals surface area contributed by atoms with Crippen molar-refractivity contribution in [2.45, 2.75) is 23.8 Å². The lowest BCUT2D eigenvalue weighted by Gasteiger charge is -2.11. The molecule has 1 N–H and O–H groups in total. The second-order valence-electron chi connectivity index (χ2n) is 4.75. The Balaban J connectivity index is 1.76. The molecule has 1 heterocycles. The molecule has 0 fully saturated rings. The second-order valence-corrected chi connectivity index (χ2v) is 6.06. The summed E-state index contributed by atoms with van der Waals surface area (Å²) in [6.07, 6.45) is 4.24. The van der Waals surface area contributed by atoms with Crippen LogP contribution in [0.2, 0.25) is 0 Å². The minimum atomic E-state index is -0.247. The van der Waals surface area contributed by atoms with Crippen molar-refractivity contribution in [3.63, 3.8) is 0 Å². The van der Waals surface area contributed by atoms with Crippen LogP contribution in [0.3, 0.4) is 0 Å². The van der Waals surface area contributed by atoms with Gasteiger partial charge in [0, 0.05) is 26.0 Å². The van der Waals surface area contributed by atoms with E-state index < -0.39 is 0 Å². The number of aromatic nitrogens is 2. The zero-order valence-corrected chi connectivity index (χ0v) is 12.9. The molecular formula is C15H18FN3OS. The van der Waals surface area contributed by atoms with Crippen LogP contribution in [0.5, 0.6) is 0 Å². The normalized spacial score (nSPS) is 12.1. The second kappa shape index (κ2) is 7.26. The molecule has 0 saturated carbocycles. The van der Waals surface area contributed by atoms with Gasteiger partial charge in [-0.2, -0.15) is 0 Å². The Morgan fingerprint density at radius 2 is 2.14 bits per heavy atom. The van der Waals surface area contributed by atoms with Crippen molar-refractivity contribution in [1.29, 1.82) is 0 Å². The third-order valence-electron chi connectivity index (χ3n) is 3.05. The van der Waals surface area contributed by atoms with Gasteiger partial charge in [-0.3, -0.25) is 4.79 Å². The Morgan fingerprint density at radius 3 is 2.76 bits per heavy atom. The first-order valence-electron chi connectivity index (χ1n) is 6.72. The molecule has 0 saturated heterocycles. The predicted molar refractivity (Wildman–Crippen MR) is 81.6 cm³/mol. The molecule has 0 aliphatic rings. The van der Waals surface area contributed by atoms with Gasteiger partial charge < -0.3 is 9.88 Å². The lowest BCUT2D eigenvalue weighted by atomic mass is 10.1. The van der Waals surface area contributed by atoms with E-state index in [1.807, 2.05) is 24.7 Å². The van der Waals surface area contributed by atoms with Gasteiger partial charge in [0.15, 0.2) is 5.16 Å². The summed E-state index contributed by atoms with van der Waals surface area (Å²) in [7, 11) is 1.90. The number of hydrogen-bond donors (Lipinski definition) is 1. The molecule has 112 valence electrons. The molecule has 1 aromatic heterocycles. The van der Waals surface area contributed by atoms with Gasteiger partial charge in [0.25, 0.3) is 0 Å². The van der Waals surface area contributed by atoms with E-state index in [1.54, 1.807) is 18.3 Å². The van der Waals surface area contributed by atoms with Crippen LogP contribution in [0.4, 0.5) is 4.39 Å². The Kier molecular flexibility index (Phi) is 5.38. The molecule has 6 heteroatoms. The average Bonchev–Trinajstić information content (AvgIpc) is 2.86. The number of rotatable bonds is 6. The highest BCUT2D eigenvalue weighted by molar-refractivity contribution is 8.00. The smallest absolute Gasteiger partial charge is 0.233 e. The molecule has 2 aromatic rings. The minimum Gasteiger partial charge on any atom is -0.355 e. The molecule has 1 amide bonds. The van der Waals surface area contributed by atoms with Gasteiger partial charge in [0.1, 0.15) is 5.82 Å². The first-order valence-corrected chi connectivity index (χ1v) is 7.60. The average molecular weight is 307 g/mol. The summed E-state index contributed by atoms with van der Waals surface area (Å²) in [6.45, 7) is 2.39. The van der Waals surface area contributed by atoms with Crippen molar-refractivity contribution < 1.29 is 9.18 Å². The van der Waals surface area contributed by atoms with Gasteiger partial charge in [0.2, 0.25) is 5.91 Å². The van der Waals surface area contributed by atoms with Crippen molar-refractivity contribution in [2.75, 3.05) is 6.54 Å². The largest absolute Gasteiger partial charge is 0.355 e.